The molecule has 0 fully saturated rings. The van der Waals surface area contributed by atoms with Crippen LogP contribution in [0, 0.1) is 5.82 Å². The Labute approximate surface area is 155 Å². The van der Waals surface area contributed by atoms with Gasteiger partial charge >= 0.3 is 0 Å². The van der Waals surface area contributed by atoms with Gasteiger partial charge in [-0.1, -0.05) is 35.9 Å². The first-order valence-electron chi connectivity index (χ1n) is 7.31. The summed E-state index contributed by atoms with van der Waals surface area (Å²) in [6, 6.07) is 10.2. The largest absolute Gasteiger partial charge is 0.305 e. The number of aromatic nitrogens is 2. The third kappa shape index (κ3) is 3.04. The van der Waals surface area contributed by atoms with E-state index in [9.17, 15) is 9.18 Å². The van der Waals surface area contributed by atoms with Gasteiger partial charge in [-0.05, 0) is 23.6 Å². The van der Waals surface area contributed by atoms with Crippen LogP contribution in [0.25, 0.3) is 31.8 Å². The molecule has 124 valence electrons. The van der Waals surface area contributed by atoms with Gasteiger partial charge in [-0.3, -0.25) is 4.79 Å². The van der Waals surface area contributed by atoms with Crippen LogP contribution in [0.15, 0.2) is 52.0 Å². The van der Waals surface area contributed by atoms with E-state index in [0.717, 1.165) is 10.4 Å². The monoisotopic (exact) mass is 388 g/mol. The number of hydrogen-bond acceptors (Lipinski definition) is 4. The minimum atomic E-state index is -0.389. The van der Waals surface area contributed by atoms with Crippen molar-refractivity contribution in [2.45, 2.75) is 0 Å². The van der Waals surface area contributed by atoms with Gasteiger partial charge < -0.3 is 4.98 Å². The molecular formula is C18H10ClFN2OS2. The summed E-state index contributed by atoms with van der Waals surface area (Å²) in [5.74, 6) is -0.165. The molecule has 0 bridgehead atoms. The van der Waals surface area contributed by atoms with Crippen molar-refractivity contribution in [3.8, 4) is 10.4 Å². The smallest absolute Gasteiger partial charge is 0.260 e. The minimum Gasteiger partial charge on any atom is -0.305 e. The number of thiophene rings is 2. The second kappa shape index (κ2) is 6.55. The van der Waals surface area contributed by atoms with Crippen LogP contribution in [0.3, 0.4) is 0 Å². The lowest BCUT2D eigenvalue weighted by Crippen LogP contribution is -2.10. The Morgan fingerprint density at radius 2 is 2.04 bits per heavy atom. The number of benzene rings is 1. The summed E-state index contributed by atoms with van der Waals surface area (Å²) < 4.78 is 13.8. The molecule has 0 saturated carbocycles. The first-order valence-corrected chi connectivity index (χ1v) is 9.44. The Bertz CT molecular complexity index is 1150. The lowest BCUT2D eigenvalue weighted by molar-refractivity contribution is 0.625. The highest BCUT2D eigenvalue weighted by Gasteiger charge is 2.14. The predicted molar refractivity (Wildman–Crippen MR) is 104 cm³/mol. The summed E-state index contributed by atoms with van der Waals surface area (Å²) in [4.78, 5) is 21.3. The highest BCUT2D eigenvalue weighted by Crippen LogP contribution is 2.34. The average Bonchev–Trinajstić information content (AvgIpc) is 3.25. The lowest BCUT2D eigenvalue weighted by Gasteiger charge is -2.01. The van der Waals surface area contributed by atoms with E-state index < -0.39 is 0 Å². The summed E-state index contributed by atoms with van der Waals surface area (Å²) in [6.45, 7) is 0. The number of aromatic amines is 1. The molecule has 0 amide bonds. The molecule has 0 aliphatic carbocycles. The topological polar surface area (TPSA) is 45.8 Å². The number of nitrogens with one attached hydrogen (secondary N) is 1. The molecule has 0 aliphatic heterocycles. The zero-order valence-corrected chi connectivity index (χ0v) is 15.0. The van der Waals surface area contributed by atoms with Gasteiger partial charge in [0, 0.05) is 21.4 Å². The molecule has 0 radical (unpaired) electrons. The normalized spacial score (nSPS) is 12.0. The van der Waals surface area contributed by atoms with Crippen molar-refractivity contribution in [2.24, 2.45) is 0 Å². The summed E-state index contributed by atoms with van der Waals surface area (Å²) >= 11 is 9.21. The first kappa shape index (κ1) is 16.2. The summed E-state index contributed by atoms with van der Waals surface area (Å²) in [5.41, 5.74) is 0.940. The van der Waals surface area contributed by atoms with Gasteiger partial charge in [-0.25, -0.2) is 9.37 Å². The summed E-state index contributed by atoms with van der Waals surface area (Å²) in [7, 11) is 0. The second-order valence-corrected chi connectivity index (χ2v) is 7.45. The number of H-pyrrole nitrogens is 1. The van der Waals surface area contributed by atoms with Crippen LogP contribution in [-0.2, 0) is 0 Å². The molecule has 3 aromatic heterocycles. The highest BCUT2D eigenvalue weighted by molar-refractivity contribution is 7.18. The van der Waals surface area contributed by atoms with Crippen molar-refractivity contribution < 1.29 is 4.39 Å². The zero-order valence-electron chi connectivity index (χ0n) is 12.6. The molecule has 0 atom stereocenters. The Kier molecular flexibility index (Phi) is 4.25. The van der Waals surface area contributed by atoms with Crippen LogP contribution in [0.4, 0.5) is 4.39 Å². The van der Waals surface area contributed by atoms with Crippen LogP contribution >= 0.6 is 34.3 Å². The van der Waals surface area contributed by atoms with E-state index in [4.69, 9.17) is 11.6 Å². The predicted octanol–water partition coefficient (Wildman–Crippen LogP) is 5.59. The third-order valence-corrected chi connectivity index (χ3v) is 5.71. The molecule has 1 aromatic carbocycles. The van der Waals surface area contributed by atoms with Crippen molar-refractivity contribution in [2.75, 3.05) is 0 Å². The number of nitrogens with zero attached hydrogens (tertiary/aromatic N) is 1. The van der Waals surface area contributed by atoms with Crippen molar-refractivity contribution in [1.29, 1.82) is 0 Å². The van der Waals surface area contributed by atoms with Crippen molar-refractivity contribution >= 4 is 55.6 Å². The fourth-order valence-corrected chi connectivity index (χ4v) is 4.44. The summed E-state index contributed by atoms with van der Waals surface area (Å²) in [5, 5.41) is 4.60. The highest BCUT2D eigenvalue weighted by atomic mass is 35.5. The van der Waals surface area contributed by atoms with E-state index in [1.54, 1.807) is 29.5 Å². The molecule has 3 heterocycles. The summed E-state index contributed by atoms with van der Waals surface area (Å²) in [6.07, 6.45) is 1.45. The van der Waals surface area contributed by atoms with Gasteiger partial charge in [-0.15, -0.1) is 22.7 Å². The fourth-order valence-electron chi connectivity index (χ4n) is 2.47. The molecule has 0 unspecified atom stereocenters. The van der Waals surface area contributed by atoms with Gasteiger partial charge in [0.1, 0.15) is 10.6 Å². The van der Waals surface area contributed by atoms with Crippen LogP contribution in [0.2, 0.25) is 0 Å². The molecule has 0 saturated heterocycles. The van der Waals surface area contributed by atoms with Crippen molar-refractivity contribution in [3.05, 3.63) is 74.7 Å². The number of rotatable bonds is 3. The SMILES string of the molecule is O=c1[nH]c(/C(Cl)=C/c2ccccc2F)nc2scc(-c3cccs3)c12. The maximum Gasteiger partial charge on any atom is 0.260 e. The minimum absolute atomic E-state index is 0.176. The Morgan fingerprint density at radius 1 is 1.20 bits per heavy atom. The molecule has 4 rings (SSSR count). The fraction of sp³-hybridized carbons (Fsp3) is 0. The van der Waals surface area contributed by atoms with Gasteiger partial charge in [-0.2, -0.15) is 0 Å². The molecule has 7 heteroatoms. The van der Waals surface area contributed by atoms with Gasteiger partial charge in [0.15, 0.2) is 5.82 Å². The zero-order chi connectivity index (χ0) is 17.4. The van der Waals surface area contributed by atoms with Crippen LogP contribution in [-0.4, -0.2) is 9.97 Å². The standard InChI is InChI=1S/C18H10ClFN2OS2/c19-12(8-10-4-1-2-5-13(10)20)16-21-17(23)15-11(9-25-18(15)22-16)14-6-3-7-24-14/h1-9H,(H,21,22,23)/b12-8-. The first-order chi connectivity index (χ1) is 12.1. The molecule has 3 nitrogen and oxygen atoms in total. The van der Waals surface area contributed by atoms with Gasteiger partial charge in [0.2, 0.25) is 0 Å². The van der Waals surface area contributed by atoms with E-state index in [2.05, 4.69) is 9.97 Å². The van der Waals surface area contributed by atoms with Gasteiger partial charge in [0.25, 0.3) is 5.56 Å². The van der Waals surface area contributed by atoms with E-state index >= 15 is 0 Å². The second-order valence-electron chi connectivity index (χ2n) is 5.24. The van der Waals surface area contributed by atoms with E-state index in [0.29, 0.717) is 15.8 Å². The van der Waals surface area contributed by atoms with Crippen molar-refractivity contribution in [3.63, 3.8) is 0 Å². The lowest BCUT2D eigenvalue weighted by atomic mass is 10.2. The maximum atomic E-state index is 13.8. The molecule has 0 spiro atoms. The molecular weight excluding hydrogens is 379 g/mol. The van der Waals surface area contributed by atoms with Crippen LogP contribution in [0.5, 0.6) is 0 Å². The molecule has 1 N–H and O–H groups in total. The number of halogens is 2. The maximum absolute atomic E-state index is 13.8. The molecule has 4 aromatic rings. The van der Waals surface area contributed by atoms with Crippen molar-refractivity contribution in [1.82, 2.24) is 9.97 Å². The third-order valence-electron chi connectivity index (χ3n) is 3.64. The number of hydrogen-bond donors (Lipinski definition) is 1. The van der Waals surface area contributed by atoms with Crippen LogP contribution < -0.4 is 5.56 Å². The van der Waals surface area contributed by atoms with E-state index in [1.165, 1.54) is 23.5 Å². The quantitative estimate of drug-likeness (QED) is 0.497. The van der Waals surface area contributed by atoms with Gasteiger partial charge in [0.05, 0.1) is 10.4 Å². The van der Waals surface area contributed by atoms with Crippen LogP contribution in [0.1, 0.15) is 11.4 Å². The molecule has 25 heavy (non-hydrogen) atoms. The average molecular weight is 389 g/mol. The Balaban J connectivity index is 1.82. The molecule has 0 aliphatic rings. The van der Waals surface area contributed by atoms with E-state index in [1.807, 2.05) is 22.9 Å². The number of fused-ring (bicyclic) bond motifs is 1. The Morgan fingerprint density at radius 3 is 2.80 bits per heavy atom. The van der Waals surface area contributed by atoms with E-state index in [-0.39, 0.29) is 22.2 Å². The Hall–Kier alpha value is -2.28.